The number of rotatable bonds is 2. The van der Waals surface area contributed by atoms with Crippen LogP contribution in [0.4, 0.5) is 0 Å². The Morgan fingerprint density at radius 3 is 2.64 bits per heavy atom. The van der Waals surface area contributed by atoms with E-state index in [4.69, 9.17) is 4.74 Å². The number of hydrogen-bond donors (Lipinski definition) is 0. The van der Waals surface area contributed by atoms with Crippen molar-refractivity contribution in [3.8, 4) is 5.75 Å². The molecule has 2 heterocycles. The number of aromatic nitrogens is 2. The molecule has 0 bridgehead atoms. The van der Waals surface area contributed by atoms with Crippen molar-refractivity contribution in [2.24, 2.45) is 0 Å². The highest BCUT2D eigenvalue weighted by atomic mass is 16.5. The molecule has 0 aliphatic carbocycles. The van der Waals surface area contributed by atoms with Gasteiger partial charge in [0.15, 0.2) is 5.78 Å². The van der Waals surface area contributed by atoms with Crippen molar-refractivity contribution < 1.29 is 9.53 Å². The Morgan fingerprint density at radius 2 is 1.77 bits per heavy atom. The summed E-state index contributed by atoms with van der Waals surface area (Å²) in [4.78, 5) is 12.7. The molecule has 3 aromatic rings. The predicted octanol–water partition coefficient (Wildman–Crippen LogP) is 3.05. The summed E-state index contributed by atoms with van der Waals surface area (Å²) >= 11 is 0. The van der Waals surface area contributed by atoms with Crippen LogP contribution in [-0.4, -0.2) is 15.6 Å². The molecule has 1 aromatic heterocycles. The summed E-state index contributed by atoms with van der Waals surface area (Å²) in [5, 5.41) is 4.51. The number of fused-ring (bicyclic) bond motifs is 2. The Bertz CT molecular complexity index is 837. The lowest BCUT2D eigenvalue weighted by Gasteiger charge is -2.05. The molecule has 0 saturated carbocycles. The number of benzene rings is 2. The fourth-order valence-corrected chi connectivity index (χ4v) is 2.68. The van der Waals surface area contributed by atoms with Gasteiger partial charge in [-0.3, -0.25) is 9.48 Å². The van der Waals surface area contributed by atoms with Gasteiger partial charge in [-0.2, -0.15) is 5.10 Å². The molecule has 0 N–H and O–H groups in total. The minimum absolute atomic E-state index is 0.0255. The fourth-order valence-electron chi connectivity index (χ4n) is 2.68. The fraction of sp³-hybridized carbons (Fsp3) is 0.111. The second kappa shape index (κ2) is 5.15. The topological polar surface area (TPSA) is 44.1 Å². The number of hydrogen-bond acceptors (Lipinski definition) is 3. The van der Waals surface area contributed by atoms with Crippen molar-refractivity contribution in [2.75, 3.05) is 0 Å². The van der Waals surface area contributed by atoms with Gasteiger partial charge in [0, 0.05) is 6.20 Å². The molecule has 4 heteroatoms. The molecule has 0 unspecified atom stereocenters. The van der Waals surface area contributed by atoms with E-state index in [0.717, 1.165) is 5.56 Å². The quantitative estimate of drug-likeness (QED) is 0.728. The Kier molecular flexibility index (Phi) is 3.00. The molecule has 2 aromatic carbocycles. The lowest BCUT2D eigenvalue weighted by atomic mass is 10.0. The van der Waals surface area contributed by atoms with Crippen LogP contribution in [0.15, 0.2) is 60.8 Å². The lowest BCUT2D eigenvalue weighted by molar-refractivity contribution is 0.103. The van der Waals surface area contributed by atoms with Crippen LogP contribution in [0.25, 0.3) is 0 Å². The molecule has 0 atom stereocenters. The van der Waals surface area contributed by atoms with Gasteiger partial charge in [-0.25, -0.2) is 0 Å². The number of carbonyl (C=O) groups is 1. The third-order valence-electron chi connectivity index (χ3n) is 3.77. The molecular weight excluding hydrogens is 276 g/mol. The second-order valence-electron chi connectivity index (χ2n) is 5.29. The molecule has 0 spiro atoms. The van der Waals surface area contributed by atoms with Gasteiger partial charge in [0.1, 0.15) is 18.1 Å². The zero-order chi connectivity index (χ0) is 14.9. The average molecular weight is 290 g/mol. The number of carbonyl (C=O) groups excluding carboxylic acids is 1. The third kappa shape index (κ3) is 2.19. The Hall–Kier alpha value is -2.88. The number of nitrogens with zero attached hydrogens (tertiary/aromatic N) is 2. The normalized spacial score (nSPS) is 13.0. The molecule has 1 aliphatic rings. The van der Waals surface area contributed by atoms with Gasteiger partial charge < -0.3 is 4.74 Å². The van der Waals surface area contributed by atoms with Crippen LogP contribution in [0, 0.1) is 0 Å². The summed E-state index contributed by atoms with van der Waals surface area (Å²) in [5.74, 6) is 0.600. The van der Waals surface area contributed by atoms with E-state index in [9.17, 15) is 4.79 Å². The van der Waals surface area contributed by atoms with Crippen LogP contribution in [0.2, 0.25) is 0 Å². The summed E-state index contributed by atoms with van der Waals surface area (Å²) in [5.41, 5.74) is 3.06. The molecule has 0 amide bonds. The minimum atomic E-state index is -0.0255. The molecule has 4 nitrogen and oxygen atoms in total. The van der Waals surface area contributed by atoms with E-state index >= 15 is 0 Å². The van der Waals surface area contributed by atoms with E-state index in [1.807, 2.05) is 54.7 Å². The SMILES string of the molecule is O=C1c2ccccc2OCc2nn(Cc3ccccc3)cc21. The van der Waals surface area contributed by atoms with Crippen molar-refractivity contribution in [1.29, 1.82) is 0 Å². The van der Waals surface area contributed by atoms with Crippen molar-refractivity contribution in [3.63, 3.8) is 0 Å². The van der Waals surface area contributed by atoms with E-state index in [1.54, 1.807) is 10.7 Å². The van der Waals surface area contributed by atoms with Crippen molar-refractivity contribution >= 4 is 5.78 Å². The first kappa shape index (κ1) is 12.8. The molecule has 0 fully saturated rings. The third-order valence-corrected chi connectivity index (χ3v) is 3.77. The van der Waals surface area contributed by atoms with Crippen LogP contribution in [-0.2, 0) is 13.2 Å². The van der Waals surface area contributed by atoms with Crippen LogP contribution >= 0.6 is 0 Å². The number of ether oxygens (including phenoxy) is 1. The summed E-state index contributed by atoms with van der Waals surface area (Å²) < 4.78 is 7.51. The molecule has 0 radical (unpaired) electrons. The van der Waals surface area contributed by atoms with Crippen LogP contribution in [0.5, 0.6) is 5.75 Å². The van der Waals surface area contributed by atoms with Gasteiger partial charge in [0.2, 0.25) is 0 Å². The first-order valence-electron chi connectivity index (χ1n) is 7.18. The maximum absolute atomic E-state index is 12.7. The zero-order valence-corrected chi connectivity index (χ0v) is 11.9. The minimum Gasteiger partial charge on any atom is -0.486 e. The average Bonchev–Trinajstić information content (AvgIpc) is 2.91. The second-order valence-corrected chi connectivity index (χ2v) is 5.29. The maximum Gasteiger partial charge on any atom is 0.200 e. The Morgan fingerprint density at radius 1 is 1.00 bits per heavy atom. The van der Waals surface area contributed by atoms with E-state index in [-0.39, 0.29) is 5.78 Å². The van der Waals surface area contributed by atoms with Gasteiger partial charge in [-0.05, 0) is 17.7 Å². The first-order chi connectivity index (χ1) is 10.8. The van der Waals surface area contributed by atoms with Crippen LogP contribution in [0.1, 0.15) is 27.2 Å². The largest absolute Gasteiger partial charge is 0.486 e. The summed E-state index contributed by atoms with van der Waals surface area (Å²) in [6, 6.07) is 17.4. The standard InChI is InChI=1S/C18H14N2O2/c21-18-14-8-4-5-9-17(14)22-12-16-15(18)11-20(19-16)10-13-6-2-1-3-7-13/h1-9,11H,10,12H2. The summed E-state index contributed by atoms with van der Waals surface area (Å²) in [6.07, 6.45) is 1.82. The van der Waals surface area contributed by atoms with Gasteiger partial charge in [-0.15, -0.1) is 0 Å². The molecule has 22 heavy (non-hydrogen) atoms. The van der Waals surface area contributed by atoms with E-state index < -0.39 is 0 Å². The lowest BCUT2D eigenvalue weighted by Crippen LogP contribution is -2.03. The maximum atomic E-state index is 12.7. The number of ketones is 1. The Labute approximate surface area is 128 Å². The number of para-hydroxylation sites is 1. The van der Waals surface area contributed by atoms with Crippen molar-refractivity contribution in [2.45, 2.75) is 13.2 Å². The highest BCUT2D eigenvalue weighted by Gasteiger charge is 2.24. The molecule has 4 rings (SSSR count). The van der Waals surface area contributed by atoms with Gasteiger partial charge >= 0.3 is 0 Å². The summed E-state index contributed by atoms with van der Waals surface area (Å²) in [7, 11) is 0. The van der Waals surface area contributed by atoms with Gasteiger partial charge in [-0.1, -0.05) is 42.5 Å². The first-order valence-corrected chi connectivity index (χ1v) is 7.18. The molecule has 108 valence electrons. The van der Waals surface area contributed by atoms with E-state index in [2.05, 4.69) is 5.10 Å². The van der Waals surface area contributed by atoms with Crippen molar-refractivity contribution in [1.82, 2.24) is 9.78 Å². The molecular formula is C18H14N2O2. The monoisotopic (exact) mass is 290 g/mol. The highest BCUT2D eigenvalue weighted by Crippen LogP contribution is 2.27. The molecule has 1 aliphatic heterocycles. The van der Waals surface area contributed by atoms with Gasteiger partial charge in [0.05, 0.1) is 17.7 Å². The van der Waals surface area contributed by atoms with Crippen LogP contribution in [0.3, 0.4) is 0 Å². The highest BCUT2D eigenvalue weighted by molar-refractivity contribution is 6.11. The van der Waals surface area contributed by atoms with E-state index in [0.29, 0.717) is 35.7 Å². The van der Waals surface area contributed by atoms with Gasteiger partial charge in [0.25, 0.3) is 0 Å². The predicted molar refractivity (Wildman–Crippen MR) is 82.0 cm³/mol. The Balaban J connectivity index is 1.70. The summed E-state index contributed by atoms with van der Waals surface area (Å²) in [6.45, 7) is 0.961. The molecule has 0 saturated heterocycles. The van der Waals surface area contributed by atoms with E-state index in [1.165, 1.54) is 0 Å². The van der Waals surface area contributed by atoms with Crippen molar-refractivity contribution in [3.05, 3.63) is 83.2 Å². The zero-order valence-electron chi connectivity index (χ0n) is 11.9. The smallest absolute Gasteiger partial charge is 0.200 e. The van der Waals surface area contributed by atoms with Crippen LogP contribution < -0.4 is 4.74 Å².